The van der Waals surface area contributed by atoms with Gasteiger partial charge in [0, 0.05) is 12.1 Å². The second kappa shape index (κ2) is 6.66. The highest BCUT2D eigenvalue weighted by Gasteiger charge is 2.21. The average molecular weight is 317 g/mol. The maximum Gasteiger partial charge on any atom is 0.251 e. The lowest BCUT2D eigenvalue weighted by Crippen LogP contribution is -2.33. The van der Waals surface area contributed by atoms with Crippen molar-refractivity contribution in [3.05, 3.63) is 27.7 Å². The number of carbonyl (C=O) groups excluding carboxylic acids is 1. The number of aliphatic hydroxyl groups excluding tert-OH is 1. The number of nitrogens with two attached hydrogens (primary N) is 1. The van der Waals surface area contributed by atoms with Gasteiger partial charge < -0.3 is 16.2 Å². The topological polar surface area (TPSA) is 75.4 Å². The Morgan fingerprint density at radius 2 is 2.00 bits per heavy atom. The normalized spacial score (nSPS) is 22.6. The van der Waals surface area contributed by atoms with Crippen molar-refractivity contribution in [2.75, 3.05) is 12.3 Å². The van der Waals surface area contributed by atoms with Crippen LogP contribution in [0.1, 0.15) is 36.0 Å². The number of carbonyl (C=O) groups is 1. The Morgan fingerprint density at radius 3 is 2.60 bits per heavy atom. The van der Waals surface area contributed by atoms with Gasteiger partial charge in [-0.1, -0.05) is 29.6 Å². The van der Waals surface area contributed by atoms with Crippen LogP contribution in [0, 0.1) is 5.92 Å². The summed E-state index contributed by atoms with van der Waals surface area (Å²) in [7, 11) is 0. The number of amides is 1. The van der Waals surface area contributed by atoms with Crippen molar-refractivity contribution in [2.45, 2.75) is 31.8 Å². The van der Waals surface area contributed by atoms with Crippen molar-refractivity contribution in [3.8, 4) is 0 Å². The lowest BCUT2D eigenvalue weighted by molar-refractivity contribution is 0.0874. The highest BCUT2D eigenvalue weighted by molar-refractivity contribution is 6.39. The Bertz CT molecular complexity index is 485. The molecule has 2 atom stereocenters. The third kappa shape index (κ3) is 3.78. The number of hydrogen-bond acceptors (Lipinski definition) is 3. The fourth-order valence-corrected chi connectivity index (χ4v) is 2.99. The van der Waals surface area contributed by atoms with Gasteiger partial charge in [-0.05, 0) is 37.3 Å². The predicted molar refractivity (Wildman–Crippen MR) is 81.2 cm³/mol. The minimum absolute atomic E-state index is 0.228. The highest BCUT2D eigenvalue weighted by atomic mass is 35.5. The molecule has 1 aliphatic rings. The van der Waals surface area contributed by atoms with Gasteiger partial charge in [-0.2, -0.15) is 0 Å². The molecule has 0 aromatic heterocycles. The lowest BCUT2D eigenvalue weighted by Gasteiger charge is -2.25. The van der Waals surface area contributed by atoms with Gasteiger partial charge in [0.1, 0.15) is 0 Å². The Morgan fingerprint density at radius 1 is 1.35 bits per heavy atom. The van der Waals surface area contributed by atoms with Crippen molar-refractivity contribution >= 4 is 34.8 Å². The third-order valence-electron chi connectivity index (χ3n) is 3.65. The molecule has 1 fully saturated rings. The first kappa shape index (κ1) is 15.4. The molecule has 1 aromatic rings. The monoisotopic (exact) mass is 316 g/mol. The zero-order valence-corrected chi connectivity index (χ0v) is 12.5. The van der Waals surface area contributed by atoms with Crippen LogP contribution >= 0.6 is 23.2 Å². The number of halogens is 2. The number of hydrogen-bond donors (Lipinski definition) is 3. The van der Waals surface area contributed by atoms with E-state index in [1.165, 1.54) is 12.1 Å². The molecule has 2 unspecified atom stereocenters. The van der Waals surface area contributed by atoms with E-state index in [0.717, 1.165) is 25.7 Å². The van der Waals surface area contributed by atoms with Crippen LogP contribution in [0.3, 0.4) is 0 Å². The van der Waals surface area contributed by atoms with E-state index >= 15 is 0 Å². The van der Waals surface area contributed by atoms with Gasteiger partial charge in [0.05, 0.1) is 21.8 Å². The summed E-state index contributed by atoms with van der Waals surface area (Å²) in [5.41, 5.74) is 6.31. The number of nitrogen functional groups attached to an aromatic ring is 1. The van der Waals surface area contributed by atoms with E-state index in [9.17, 15) is 9.90 Å². The molecule has 6 heteroatoms. The molecule has 110 valence electrons. The minimum Gasteiger partial charge on any atom is -0.396 e. The quantitative estimate of drug-likeness (QED) is 0.750. The van der Waals surface area contributed by atoms with Gasteiger partial charge >= 0.3 is 0 Å². The number of rotatable bonds is 3. The van der Waals surface area contributed by atoms with Gasteiger partial charge in [-0.25, -0.2) is 0 Å². The summed E-state index contributed by atoms with van der Waals surface area (Å²) >= 11 is 11.8. The van der Waals surface area contributed by atoms with Crippen LogP contribution < -0.4 is 11.1 Å². The van der Waals surface area contributed by atoms with E-state index < -0.39 is 0 Å². The molecule has 1 amide bonds. The zero-order valence-electron chi connectivity index (χ0n) is 11.0. The molecule has 0 saturated heterocycles. The van der Waals surface area contributed by atoms with Gasteiger partial charge in [0.15, 0.2) is 0 Å². The summed E-state index contributed by atoms with van der Waals surface area (Å²) < 4.78 is 0. The fourth-order valence-electron chi connectivity index (χ4n) is 2.50. The van der Waals surface area contributed by atoms with E-state index in [4.69, 9.17) is 28.9 Å². The Labute approximate surface area is 128 Å². The molecule has 0 bridgehead atoms. The zero-order chi connectivity index (χ0) is 14.7. The molecule has 4 N–H and O–H groups in total. The van der Waals surface area contributed by atoms with Crippen molar-refractivity contribution in [1.29, 1.82) is 0 Å². The van der Waals surface area contributed by atoms with Crippen LogP contribution in [0.5, 0.6) is 0 Å². The maximum atomic E-state index is 12.1. The van der Waals surface area contributed by atoms with E-state index in [-0.39, 0.29) is 27.7 Å². The van der Waals surface area contributed by atoms with Crippen LogP contribution in [0.15, 0.2) is 12.1 Å². The molecular weight excluding hydrogens is 299 g/mol. The summed E-state index contributed by atoms with van der Waals surface area (Å²) in [4.78, 5) is 12.1. The maximum absolute atomic E-state index is 12.1. The number of aliphatic hydroxyl groups is 1. The molecule has 20 heavy (non-hydrogen) atoms. The van der Waals surface area contributed by atoms with E-state index in [2.05, 4.69) is 5.32 Å². The van der Waals surface area contributed by atoms with E-state index in [0.29, 0.717) is 18.0 Å². The largest absolute Gasteiger partial charge is 0.396 e. The molecule has 4 nitrogen and oxygen atoms in total. The first-order chi connectivity index (χ1) is 9.47. The Balaban J connectivity index is 1.95. The standard InChI is InChI=1S/C14H18Cl2N2O2/c15-11-5-9(6-12(16)13(11)17)14(20)18-7-8-2-1-3-10(19)4-8/h5-6,8,10,19H,1-4,7,17H2,(H,18,20). The first-order valence-electron chi connectivity index (χ1n) is 6.68. The molecule has 0 aliphatic heterocycles. The lowest BCUT2D eigenvalue weighted by atomic mass is 9.87. The van der Waals surface area contributed by atoms with Crippen LogP contribution in [0.2, 0.25) is 10.0 Å². The SMILES string of the molecule is Nc1c(Cl)cc(C(=O)NCC2CCCC(O)C2)cc1Cl. The molecular formula is C14H18Cl2N2O2. The molecule has 1 saturated carbocycles. The van der Waals surface area contributed by atoms with Crippen LogP contribution in [-0.4, -0.2) is 23.7 Å². The second-order valence-electron chi connectivity index (χ2n) is 5.25. The van der Waals surface area contributed by atoms with E-state index in [1.54, 1.807) is 0 Å². The molecule has 0 radical (unpaired) electrons. The smallest absolute Gasteiger partial charge is 0.251 e. The number of anilines is 1. The van der Waals surface area contributed by atoms with Gasteiger partial charge in [-0.15, -0.1) is 0 Å². The Kier molecular flexibility index (Phi) is 5.13. The highest BCUT2D eigenvalue weighted by Crippen LogP contribution is 2.29. The number of nitrogens with one attached hydrogen (secondary N) is 1. The predicted octanol–water partition coefficient (Wildman–Crippen LogP) is 2.86. The average Bonchev–Trinajstić information content (AvgIpc) is 2.41. The van der Waals surface area contributed by atoms with Gasteiger partial charge in [-0.3, -0.25) is 4.79 Å². The first-order valence-corrected chi connectivity index (χ1v) is 7.43. The summed E-state index contributed by atoms with van der Waals surface area (Å²) in [6.07, 6.45) is 3.38. The summed E-state index contributed by atoms with van der Waals surface area (Å²) in [5, 5.41) is 13.0. The summed E-state index contributed by atoms with van der Waals surface area (Å²) in [6.45, 7) is 0.551. The van der Waals surface area contributed by atoms with Crippen LogP contribution in [-0.2, 0) is 0 Å². The van der Waals surface area contributed by atoms with Gasteiger partial charge in [0.2, 0.25) is 0 Å². The Hall–Kier alpha value is -0.970. The van der Waals surface area contributed by atoms with Gasteiger partial charge in [0.25, 0.3) is 5.91 Å². The fraction of sp³-hybridized carbons (Fsp3) is 0.500. The summed E-state index contributed by atoms with van der Waals surface area (Å²) in [6, 6.07) is 3.02. The van der Waals surface area contributed by atoms with Crippen LogP contribution in [0.4, 0.5) is 5.69 Å². The van der Waals surface area contributed by atoms with Crippen LogP contribution in [0.25, 0.3) is 0 Å². The molecule has 0 spiro atoms. The van der Waals surface area contributed by atoms with E-state index in [1.807, 2.05) is 0 Å². The van der Waals surface area contributed by atoms with Crippen molar-refractivity contribution in [1.82, 2.24) is 5.32 Å². The number of benzene rings is 1. The third-order valence-corrected chi connectivity index (χ3v) is 4.27. The molecule has 2 rings (SSSR count). The second-order valence-corrected chi connectivity index (χ2v) is 6.06. The molecule has 1 aromatic carbocycles. The van der Waals surface area contributed by atoms with Crippen molar-refractivity contribution < 1.29 is 9.90 Å². The van der Waals surface area contributed by atoms with Crippen molar-refractivity contribution in [2.24, 2.45) is 5.92 Å². The molecule has 0 heterocycles. The summed E-state index contributed by atoms with van der Waals surface area (Å²) in [5.74, 6) is 0.0938. The minimum atomic E-state index is -0.244. The molecule has 1 aliphatic carbocycles. The van der Waals surface area contributed by atoms with Crippen molar-refractivity contribution in [3.63, 3.8) is 0 Å².